The Kier molecular flexibility index (Phi) is 4.61. The average molecular weight is 329 g/mol. The van der Waals surface area contributed by atoms with Crippen molar-refractivity contribution < 1.29 is 19.1 Å². The van der Waals surface area contributed by atoms with Crippen LogP contribution in [-0.4, -0.2) is 58.4 Å². The van der Waals surface area contributed by atoms with Gasteiger partial charge in [-0.3, -0.25) is 14.6 Å². The number of pyridine rings is 1. The van der Waals surface area contributed by atoms with Crippen molar-refractivity contribution >= 4 is 11.8 Å². The number of likely N-dealkylation sites (N-methyl/N-ethyl adjacent to an activating group) is 1. The van der Waals surface area contributed by atoms with Gasteiger partial charge in [-0.2, -0.15) is 0 Å². The van der Waals surface area contributed by atoms with Gasteiger partial charge in [0.15, 0.2) is 5.76 Å². The standard InChI is InChI=1S/C17H19N3O4/c1-19(7-8-21)16(22)13-11-20(17(23)14-5-3-9-24-14)10-12-4-2-6-18-15(12)13/h2-6,9,13,21H,7-8,10-11H2,1H3. The van der Waals surface area contributed by atoms with Crippen molar-refractivity contribution in [2.75, 3.05) is 26.7 Å². The molecule has 1 unspecified atom stereocenters. The molecule has 3 heterocycles. The highest BCUT2D eigenvalue weighted by atomic mass is 16.3. The Bertz CT molecular complexity index is 729. The van der Waals surface area contributed by atoms with Gasteiger partial charge >= 0.3 is 0 Å². The van der Waals surface area contributed by atoms with E-state index in [1.54, 1.807) is 36.3 Å². The quantitative estimate of drug-likeness (QED) is 0.899. The van der Waals surface area contributed by atoms with E-state index in [0.29, 0.717) is 12.2 Å². The molecule has 126 valence electrons. The molecule has 2 amide bonds. The van der Waals surface area contributed by atoms with Crippen LogP contribution in [0.2, 0.25) is 0 Å². The zero-order valence-electron chi connectivity index (χ0n) is 13.4. The van der Waals surface area contributed by atoms with E-state index in [0.717, 1.165) is 5.56 Å². The van der Waals surface area contributed by atoms with E-state index in [9.17, 15) is 9.59 Å². The normalized spacial score (nSPS) is 16.6. The topological polar surface area (TPSA) is 86.9 Å². The Morgan fingerprint density at radius 2 is 2.25 bits per heavy atom. The minimum absolute atomic E-state index is 0.112. The number of hydrogen-bond donors (Lipinski definition) is 1. The van der Waals surface area contributed by atoms with Crippen LogP contribution in [0.25, 0.3) is 0 Å². The first-order valence-corrected chi connectivity index (χ1v) is 7.74. The lowest BCUT2D eigenvalue weighted by atomic mass is 9.93. The van der Waals surface area contributed by atoms with Crippen LogP contribution in [0.15, 0.2) is 41.1 Å². The number of aromatic nitrogens is 1. The van der Waals surface area contributed by atoms with E-state index in [1.807, 2.05) is 6.07 Å². The summed E-state index contributed by atoms with van der Waals surface area (Å²) in [5, 5.41) is 9.06. The summed E-state index contributed by atoms with van der Waals surface area (Å²) in [6.45, 7) is 0.747. The van der Waals surface area contributed by atoms with E-state index in [1.165, 1.54) is 11.2 Å². The summed E-state index contributed by atoms with van der Waals surface area (Å²) in [5.74, 6) is -0.722. The van der Waals surface area contributed by atoms with Crippen molar-refractivity contribution in [2.45, 2.75) is 12.5 Å². The van der Waals surface area contributed by atoms with Crippen molar-refractivity contribution in [1.29, 1.82) is 0 Å². The van der Waals surface area contributed by atoms with E-state index in [4.69, 9.17) is 9.52 Å². The van der Waals surface area contributed by atoms with Crippen LogP contribution in [0.5, 0.6) is 0 Å². The Morgan fingerprint density at radius 1 is 1.42 bits per heavy atom. The molecule has 1 aliphatic heterocycles. The number of nitrogens with zero attached hydrogens (tertiary/aromatic N) is 3. The van der Waals surface area contributed by atoms with Crippen molar-refractivity contribution in [1.82, 2.24) is 14.8 Å². The molecule has 1 aliphatic rings. The molecule has 0 saturated heterocycles. The molecule has 1 atom stereocenters. The molecule has 2 aromatic heterocycles. The Labute approximate surface area is 139 Å². The second kappa shape index (κ2) is 6.84. The molecule has 1 N–H and O–H groups in total. The van der Waals surface area contributed by atoms with Gasteiger partial charge in [0.2, 0.25) is 5.91 Å². The van der Waals surface area contributed by atoms with E-state index >= 15 is 0 Å². The summed E-state index contributed by atoms with van der Waals surface area (Å²) in [5.41, 5.74) is 1.54. The Hall–Kier alpha value is -2.67. The lowest BCUT2D eigenvalue weighted by Crippen LogP contribution is -2.45. The molecule has 0 bridgehead atoms. The molecule has 0 aromatic carbocycles. The number of amides is 2. The van der Waals surface area contributed by atoms with Gasteiger partial charge in [0, 0.05) is 32.9 Å². The second-order valence-corrected chi connectivity index (χ2v) is 5.75. The summed E-state index contributed by atoms with van der Waals surface area (Å²) in [4.78, 5) is 32.7. The first-order chi connectivity index (χ1) is 11.6. The Morgan fingerprint density at radius 3 is 2.96 bits per heavy atom. The third-order valence-electron chi connectivity index (χ3n) is 4.15. The maximum Gasteiger partial charge on any atom is 0.289 e. The number of furan rings is 1. The summed E-state index contributed by atoms with van der Waals surface area (Å²) in [6.07, 6.45) is 3.10. The van der Waals surface area contributed by atoms with E-state index < -0.39 is 5.92 Å². The van der Waals surface area contributed by atoms with Gasteiger partial charge in [0.1, 0.15) is 0 Å². The van der Waals surface area contributed by atoms with Gasteiger partial charge in [-0.25, -0.2) is 0 Å². The van der Waals surface area contributed by atoms with Crippen LogP contribution in [0.1, 0.15) is 27.7 Å². The minimum atomic E-state index is -0.551. The predicted molar refractivity (Wildman–Crippen MR) is 85.1 cm³/mol. The van der Waals surface area contributed by atoms with E-state index in [-0.39, 0.29) is 37.3 Å². The lowest BCUT2D eigenvalue weighted by Gasteiger charge is -2.34. The number of aliphatic hydroxyl groups excluding tert-OH is 1. The number of fused-ring (bicyclic) bond motifs is 1. The number of carbonyl (C=O) groups is 2. The molecule has 7 heteroatoms. The molecule has 2 aromatic rings. The van der Waals surface area contributed by atoms with Crippen LogP contribution in [-0.2, 0) is 11.3 Å². The lowest BCUT2D eigenvalue weighted by molar-refractivity contribution is -0.132. The van der Waals surface area contributed by atoms with Crippen molar-refractivity contribution in [3.63, 3.8) is 0 Å². The molecule has 24 heavy (non-hydrogen) atoms. The zero-order chi connectivity index (χ0) is 17.1. The highest BCUT2D eigenvalue weighted by molar-refractivity contribution is 5.93. The first kappa shape index (κ1) is 16.2. The molecular formula is C17H19N3O4. The summed E-state index contributed by atoms with van der Waals surface area (Å²) < 4.78 is 5.18. The van der Waals surface area contributed by atoms with Gasteiger partial charge in [0.25, 0.3) is 5.91 Å². The fourth-order valence-corrected chi connectivity index (χ4v) is 2.91. The monoisotopic (exact) mass is 329 g/mol. The summed E-state index contributed by atoms with van der Waals surface area (Å²) in [6, 6.07) is 6.93. The van der Waals surface area contributed by atoms with Crippen LogP contribution < -0.4 is 0 Å². The van der Waals surface area contributed by atoms with Crippen molar-refractivity contribution in [3.05, 3.63) is 53.7 Å². The molecule has 0 fully saturated rings. The number of rotatable bonds is 4. The fraction of sp³-hybridized carbons (Fsp3) is 0.353. The zero-order valence-corrected chi connectivity index (χ0v) is 13.4. The fourth-order valence-electron chi connectivity index (χ4n) is 2.91. The van der Waals surface area contributed by atoms with Gasteiger partial charge in [0.05, 0.1) is 24.5 Å². The molecular weight excluding hydrogens is 310 g/mol. The molecule has 0 radical (unpaired) electrons. The van der Waals surface area contributed by atoms with Crippen molar-refractivity contribution in [3.8, 4) is 0 Å². The summed E-state index contributed by atoms with van der Waals surface area (Å²) in [7, 11) is 1.63. The molecule has 0 aliphatic carbocycles. The van der Waals surface area contributed by atoms with E-state index in [2.05, 4.69) is 4.98 Å². The number of carbonyl (C=O) groups excluding carboxylic acids is 2. The van der Waals surface area contributed by atoms with Crippen LogP contribution >= 0.6 is 0 Å². The van der Waals surface area contributed by atoms with Crippen LogP contribution in [0.3, 0.4) is 0 Å². The maximum atomic E-state index is 12.7. The third kappa shape index (κ3) is 3.03. The van der Waals surface area contributed by atoms with Crippen LogP contribution in [0.4, 0.5) is 0 Å². The number of aliphatic hydroxyl groups is 1. The minimum Gasteiger partial charge on any atom is -0.459 e. The van der Waals surface area contributed by atoms with Gasteiger partial charge in [-0.1, -0.05) is 6.07 Å². The average Bonchev–Trinajstić information content (AvgIpc) is 3.14. The van der Waals surface area contributed by atoms with Crippen molar-refractivity contribution in [2.24, 2.45) is 0 Å². The molecule has 0 spiro atoms. The smallest absolute Gasteiger partial charge is 0.289 e. The third-order valence-corrected chi connectivity index (χ3v) is 4.15. The maximum absolute atomic E-state index is 12.7. The molecule has 7 nitrogen and oxygen atoms in total. The van der Waals surface area contributed by atoms with Gasteiger partial charge in [-0.05, 0) is 23.8 Å². The largest absolute Gasteiger partial charge is 0.459 e. The molecule has 3 rings (SSSR count). The highest BCUT2D eigenvalue weighted by Crippen LogP contribution is 2.29. The second-order valence-electron chi connectivity index (χ2n) is 5.75. The summed E-state index contributed by atoms with van der Waals surface area (Å²) >= 11 is 0. The number of hydrogen-bond acceptors (Lipinski definition) is 5. The van der Waals surface area contributed by atoms with Crippen LogP contribution in [0, 0.1) is 0 Å². The first-order valence-electron chi connectivity index (χ1n) is 7.74. The predicted octanol–water partition coefficient (Wildman–Crippen LogP) is 0.865. The van der Waals surface area contributed by atoms with Gasteiger partial charge in [-0.15, -0.1) is 0 Å². The SMILES string of the molecule is CN(CCO)C(=O)C1CN(C(=O)c2ccco2)Cc2cccnc21. The highest BCUT2D eigenvalue weighted by Gasteiger charge is 2.35. The molecule has 0 saturated carbocycles. The Balaban J connectivity index is 1.90. The van der Waals surface area contributed by atoms with Gasteiger partial charge < -0.3 is 19.3 Å².